The highest BCUT2D eigenvalue weighted by Gasteiger charge is 2.28. The lowest BCUT2D eigenvalue weighted by Gasteiger charge is -2.31. The van der Waals surface area contributed by atoms with Crippen LogP contribution < -0.4 is 10.9 Å². The number of pyridine rings is 1. The second-order valence-electron chi connectivity index (χ2n) is 6.26. The summed E-state index contributed by atoms with van der Waals surface area (Å²) in [4.78, 5) is 42.3. The molecule has 3 amide bonds. The van der Waals surface area contributed by atoms with Crippen molar-refractivity contribution in [1.82, 2.24) is 20.7 Å². The highest BCUT2D eigenvalue weighted by Crippen LogP contribution is 2.19. The Morgan fingerprint density at radius 3 is 2.33 bits per heavy atom. The van der Waals surface area contributed by atoms with Gasteiger partial charge in [-0.1, -0.05) is 11.6 Å². The van der Waals surface area contributed by atoms with E-state index in [-0.39, 0.29) is 17.7 Å². The first-order valence-corrected chi connectivity index (χ1v) is 8.97. The predicted molar refractivity (Wildman–Crippen MR) is 99.9 cm³/mol. The van der Waals surface area contributed by atoms with Crippen LogP contribution in [0.3, 0.4) is 0 Å². The van der Waals surface area contributed by atoms with Gasteiger partial charge < -0.3 is 4.90 Å². The van der Waals surface area contributed by atoms with E-state index in [9.17, 15) is 14.4 Å². The molecule has 0 radical (unpaired) electrons. The molecule has 27 heavy (non-hydrogen) atoms. The number of halogens is 1. The molecule has 0 bridgehead atoms. The number of hydrogen-bond donors (Lipinski definition) is 2. The summed E-state index contributed by atoms with van der Waals surface area (Å²) in [5, 5.41) is 0.531. The fourth-order valence-corrected chi connectivity index (χ4v) is 3.04. The maximum absolute atomic E-state index is 12.4. The molecule has 1 aliphatic heterocycles. The molecule has 0 saturated carbocycles. The van der Waals surface area contributed by atoms with E-state index < -0.39 is 5.91 Å². The second kappa shape index (κ2) is 8.64. The highest BCUT2D eigenvalue weighted by atomic mass is 35.5. The van der Waals surface area contributed by atoms with Gasteiger partial charge in [0.1, 0.15) is 0 Å². The van der Waals surface area contributed by atoms with E-state index in [1.54, 1.807) is 47.5 Å². The van der Waals surface area contributed by atoms with Crippen LogP contribution in [0.5, 0.6) is 0 Å². The van der Waals surface area contributed by atoms with E-state index in [0.717, 1.165) is 0 Å². The number of amides is 3. The summed E-state index contributed by atoms with van der Waals surface area (Å²) in [5.41, 5.74) is 5.80. The molecule has 1 saturated heterocycles. The lowest BCUT2D eigenvalue weighted by Crippen LogP contribution is -2.48. The minimum Gasteiger partial charge on any atom is -0.339 e. The summed E-state index contributed by atoms with van der Waals surface area (Å²) in [7, 11) is 0. The van der Waals surface area contributed by atoms with E-state index in [1.807, 2.05) is 0 Å². The summed E-state index contributed by atoms with van der Waals surface area (Å²) in [6, 6.07) is 9.80. The van der Waals surface area contributed by atoms with Crippen molar-refractivity contribution in [1.29, 1.82) is 0 Å². The van der Waals surface area contributed by atoms with E-state index in [0.29, 0.717) is 42.1 Å². The highest BCUT2D eigenvalue weighted by molar-refractivity contribution is 6.30. The van der Waals surface area contributed by atoms with Gasteiger partial charge in [-0.3, -0.25) is 30.2 Å². The zero-order valence-corrected chi connectivity index (χ0v) is 15.3. The van der Waals surface area contributed by atoms with E-state index >= 15 is 0 Å². The normalized spacial score (nSPS) is 14.5. The Kier molecular flexibility index (Phi) is 6.03. The van der Waals surface area contributed by atoms with Crippen LogP contribution >= 0.6 is 11.6 Å². The first kappa shape index (κ1) is 18.8. The molecule has 0 aliphatic carbocycles. The maximum Gasteiger partial charge on any atom is 0.269 e. The van der Waals surface area contributed by atoms with Gasteiger partial charge in [-0.2, -0.15) is 0 Å². The van der Waals surface area contributed by atoms with Gasteiger partial charge in [-0.15, -0.1) is 0 Å². The van der Waals surface area contributed by atoms with E-state index in [2.05, 4.69) is 15.8 Å². The first-order chi connectivity index (χ1) is 13.0. The molecule has 0 spiro atoms. The molecule has 1 aromatic heterocycles. The maximum atomic E-state index is 12.4. The predicted octanol–water partition coefficient (Wildman–Crippen LogP) is 2.05. The number of piperidine rings is 1. The Morgan fingerprint density at radius 1 is 1.00 bits per heavy atom. The molecule has 1 fully saturated rings. The Bertz CT molecular complexity index is 819. The average Bonchev–Trinajstić information content (AvgIpc) is 2.72. The number of nitrogens with zero attached hydrogens (tertiary/aromatic N) is 2. The fraction of sp³-hybridized carbons (Fsp3) is 0.263. The van der Waals surface area contributed by atoms with Gasteiger partial charge in [0.05, 0.1) is 5.56 Å². The van der Waals surface area contributed by atoms with Crippen LogP contribution in [0.1, 0.15) is 33.6 Å². The average molecular weight is 387 g/mol. The molecule has 7 nitrogen and oxygen atoms in total. The topological polar surface area (TPSA) is 91.4 Å². The van der Waals surface area contributed by atoms with Crippen LogP contribution in [0.25, 0.3) is 0 Å². The summed E-state index contributed by atoms with van der Waals surface area (Å²) in [5.74, 6) is -1.01. The van der Waals surface area contributed by atoms with Crippen molar-refractivity contribution >= 4 is 29.3 Å². The number of carbonyl (C=O) groups excluding carboxylic acids is 3. The summed E-state index contributed by atoms with van der Waals surface area (Å²) in [6.07, 6.45) is 4.22. The molecule has 1 aromatic carbocycles. The van der Waals surface area contributed by atoms with Gasteiger partial charge in [0, 0.05) is 42.0 Å². The molecule has 0 atom stereocenters. The Labute approximate surface area is 161 Å². The van der Waals surface area contributed by atoms with Crippen molar-refractivity contribution in [3.63, 3.8) is 0 Å². The molecule has 140 valence electrons. The summed E-state index contributed by atoms with van der Waals surface area (Å²) in [6.45, 7) is 0.966. The summed E-state index contributed by atoms with van der Waals surface area (Å²) < 4.78 is 0. The van der Waals surface area contributed by atoms with Crippen molar-refractivity contribution in [3.05, 3.63) is 64.9 Å². The zero-order chi connectivity index (χ0) is 19.2. The van der Waals surface area contributed by atoms with Crippen molar-refractivity contribution in [2.24, 2.45) is 5.92 Å². The van der Waals surface area contributed by atoms with E-state index in [4.69, 9.17) is 11.6 Å². The Hall–Kier alpha value is -2.93. The number of hydrazine groups is 1. The van der Waals surface area contributed by atoms with Crippen LogP contribution in [0.4, 0.5) is 0 Å². The fourth-order valence-electron chi connectivity index (χ4n) is 2.91. The van der Waals surface area contributed by atoms with Crippen LogP contribution in [-0.2, 0) is 4.79 Å². The molecule has 2 N–H and O–H groups in total. The number of rotatable bonds is 3. The van der Waals surface area contributed by atoms with Crippen molar-refractivity contribution in [2.45, 2.75) is 12.8 Å². The number of aromatic nitrogens is 1. The van der Waals surface area contributed by atoms with E-state index in [1.165, 1.54) is 6.20 Å². The first-order valence-electron chi connectivity index (χ1n) is 8.59. The number of nitrogens with one attached hydrogen (secondary N) is 2. The molecule has 2 aromatic rings. The molecule has 1 aliphatic rings. The smallest absolute Gasteiger partial charge is 0.269 e. The Morgan fingerprint density at radius 2 is 1.70 bits per heavy atom. The van der Waals surface area contributed by atoms with Gasteiger partial charge in [0.15, 0.2) is 0 Å². The van der Waals surface area contributed by atoms with Gasteiger partial charge in [0.25, 0.3) is 11.8 Å². The van der Waals surface area contributed by atoms with Gasteiger partial charge >= 0.3 is 0 Å². The zero-order valence-electron chi connectivity index (χ0n) is 14.5. The molecule has 3 rings (SSSR count). The number of likely N-dealkylation sites (tertiary alicyclic amines) is 1. The summed E-state index contributed by atoms with van der Waals surface area (Å²) >= 11 is 5.79. The number of carbonyl (C=O) groups is 3. The SMILES string of the molecule is O=C(NNC(=O)C1CCN(C(=O)c2cccnc2)CC1)c1ccc(Cl)cc1. The molecular formula is C19H19ClN4O3. The van der Waals surface area contributed by atoms with Crippen LogP contribution in [0.15, 0.2) is 48.8 Å². The Balaban J connectivity index is 1.46. The molecule has 0 unspecified atom stereocenters. The molecular weight excluding hydrogens is 368 g/mol. The third-order valence-electron chi connectivity index (χ3n) is 4.47. The largest absolute Gasteiger partial charge is 0.339 e. The van der Waals surface area contributed by atoms with Crippen LogP contribution in [-0.4, -0.2) is 40.7 Å². The van der Waals surface area contributed by atoms with Crippen molar-refractivity contribution < 1.29 is 14.4 Å². The third-order valence-corrected chi connectivity index (χ3v) is 4.72. The monoisotopic (exact) mass is 386 g/mol. The third kappa shape index (κ3) is 4.83. The minimum atomic E-state index is -0.413. The van der Waals surface area contributed by atoms with Gasteiger partial charge in [-0.25, -0.2) is 0 Å². The molecule has 2 heterocycles. The minimum absolute atomic E-state index is 0.0852. The lowest BCUT2D eigenvalue weighted by atomic mass is 9.96. The van der Waals surface area contributed by atoms with Crippen LogP contribution in [0, 0.1) is 5.92 Å². The quantitative estimate of drug-likeness (QED) is 0.790. The second-order valence-corrected chi connectivity index (χ2v) is 6.69. The van der Waals surface area contributed by atoms with Gasteiger partial charge in [-0.05, 0) is 49.2 Å². The molecule has 8 heteroatoms. The van der Waals surface area contributed by atoms with Crippen LogP contribution in [0.2, 0.25) is 5.02 Å². The number of benzene rings is 1. The van der Waals surface area contributed by atoms with Gasteiger partial charge in [0.2, 0.25) is 5.91 Å². The lowest BCUT2D eigenvalue weighted by molar-refractivity contribution is -0.127. The number of hydrogen-bond acceptors (Lipinski definition) is 4. The van der Waals surface area contributed by atoms with Crippen molar-refractivity contribution in [3.8, 4) is 0 Å². The standard InChI is InChI=1S/C19H19ClN4O3/c20-16-5-3-13(4-6-16)17(25)22-23-18(26)14-7-10-24(11-8-14)19(27)15-2-1-9-21-12-15/h1-6,9,12,14H,7-8,10-11H2,(H,22,25)(H,23,26). The van der Waals surface area contributed by atoms with Crippen molar-refractivity contribution in [2.75, 3.05) is 13.1 Å².